The molecule has 0 amide bonds. The first-order valence-corrected chi connectivity index (χ1v) is 10.7. The van der Waals surface area contributed by atoms with Crippen LogP contribution in [-0.2, 0) is 0 Å². The zero-order valence-electron chi connectivity index (χ0n) is 18.0. The Bertz CT molecular complexity index is 1210. The van der Waals surface area contributed by atoms with Crippen molar-refractivity contribution in [1.29, 1.82) is 0 Å². The molecule has 0 atom stereocenters. The van der Waals surface area contributed by atoms with Gasteiger partial charge in [-0.25, -0.2) is 9.97 Å². The number of hydrogen-bond acceptors (Lipinski definition) is 2. The van der Waals surface area contributed by atoms with E-state index in [-0.39, 0.29) is 0 Å². The van der Waals surface area contributed by atoms with Crippen LogP contribution in [0.5, 0.6) is 0 Å². The van der Waals surface area contributed by atoms with Crippen molar-refractivity contribution >= 4 is 5.57 Å². The SMILES string of the molecule is C/C=C\C(=C/CC)c1cc(-c2cccc(-c3ccccc3)c2)nc(-c2ccccc2)n1. The lowest BCUT2D eigenvalue weighted by Gasteiger charge is -2.11. The van der Waals surface area contributed by atoms with Crippen LogP contribution in [0, 0.1) is 0 Å². The Morgan fingerprint density at radius 3 is 2.03 bits per heavy atom. The van der Waals surface area contributed by atoms with E-state index in [0.717, 1.165) is 40.3 Å². The van der Waals surface area contributed by atoms with Gasteiger partial charge in [0, 0.05) is 11.1 Å². The molecule has 4 rings (SSSR count). The zero-order chi connectivity index (χ0) is 21.5. The predicted octanol–water partition coefficient (Wildman–Crippen LogP) is 7.85. The Morgan fingerprint density at radius 2 is 1.35 bits per heavy atom. The van der Waals surface area contributed by atoms with Crippen LogP contribution >= 0.6 is 0 Å². The summed E-state index contributed by atoms with van der Waals surface area (Å²) in [6, 6.07) is 31.3. The first-order valence-electron chi connectivity index (χ1n) is 10.7. The molecule has 1 heterocycles. The third kappa shape index (κ3) is 4.87. The highest BCUT2D eigenvalue weighted by Crippen LogP contribution is 2.29. The average Bonchev–Trinajstić information content (AvgIpc) is 2.85. The number of aromatic nitrogens is 2. The summed E-state index contributed by atoms with van der Waals surface area (Å²) in [4.78, 5) is 9.87. The molecule has 0 N–H and O–H groups in total. The molecule has 0 aliphatic carbocycles. The van der Waals surface area contributed by atoms with Gasteiger partial charge in [0.15, 0.2) is 5.82 Å². The maximum absolute atomic E-state index is 4.95. The Balaban J connectivity index is 1.88. The van der Waals surface area contributed by atoms with E-state index in [2.05, 4.69) is 91.9 Å². The maximum atomic E-state index is 4.95. The molecule has 0 aliphatic heterocycles. The monoisotopic (exact) mass is 402 g/mol. The second kappa shape index (κ2) is 9.82. The van der Waals surface area contributed by atoms with E-state index in [1.807, 2.05) is 31.2 Å². The molecule has 152 valence electrons. The van der Waals surface area contributed by atoms with Crippen LogP contribution in [0.4, 0.5) is 0 Å². The molecule has 3 aromatic carbocycles. The fourth-order valence-electron chi connectivity index (χ4n) is 3.61. The molecule has 0 saturated carbocycles. The lowest BCUT2D eigenvalue weighted by Crippen LogP contribution is -1.98. The van der Waals surface area contributed by atoms with Crippen LogP contribution in [0.1, 0.15) is 26.0 Å². The van der Waals surface area contributed by atoms with Crippen molar-refractivity contribution in [2.24, 2.45) is 0 Å². The summed E-state index contributed by atoms with van der Waals surface area (Å²) in [6.07, 6.45) is 7.33. The van der Waals surface area contributed by atoms with Crippen LogP contribution in [0.15, 0.2) is 109 Å². The minimum atomic E-state index is 0.740. The van der Waals surface area contributed by atoms with Gasteiger partial charge in [-0.05, 0) is 42.2 Å². The lowest BCUT2D eigenvalue weighted by molar-refractivity contribution is 1.15. The Kier molecular flexibility index (Phi) is 6.49. The molecule has 0 saturated heterocycles. The molecule has 0 unspecified atom stereocenters. The molecule has 0 bridgehead atoms. The lowest BCUT2D eigenvalue weighted by atomic mass is 10.0. The van der Waals surface area contributed by atoms with Crippen molar-refractivity contribution in [3.63, 3.8) is 0 Å². The van der Waals surface area contributed by atoms with Gasteiger partial charge in [0.05, 0.1) is 11.4 Å². The highest BCUT2D eigenvalue weighted by Gasteiger charge is 2.11. The average molecular weight is 403 g/mol. The minimum absolute atomic E-state index is 0.740. The van der Waals surface area contributed by atoms with E-state index in [0.29, 0.717) is 0 Å². The van der Waals surface area contributed by atoms with Crippen molar-refractivity contribution < 1.29 is 0 Å². The van der Waals surface area contributed by atoms with Crippen molar-refractivity contribution in [3.05, 3.63) is 115 Å². The highest BCUT2D eigenvalue weighted by molar-refractivity contribution is 5.78. The Morgan fingerprint density at radius 1 is 0.710 bits per heavy atom. The summed E-state index contributed by atoms with van der Waals surface area (Å²) in [7, 11) is 0. The van der Waals surface area contributed by atoms with Crippen molar-refractivity contribution in [3.8, 4) is 33.8 Å². The summed E-state index contributed by atoms with van der Waals surface area (Å²) >= 11 is 0. The number of nitrogens with zero attached hydrogens (tertiary/aromatic N) is 2. The predicted molar refractivity (Wildman–Crippen MR) is 131 cm³/mol. The quantitative estimate of drug-likeness (QED) is 0.307. The van der Waals surface area contributed by atoms with Crippen LogP contribution in [0.3, 0.4) is 0 Å². The maximum Gasteiger partial charge on any atom is 0.160 e. The van der Waals surface area contributed by atoms with Crippen molar-refractivity contribution in [2.45, 2.75) is 20.3 Å². The summed E-state index contributed by atoms with van der Waals surface area (Å²) in [5.41, 5.74) is 7.45. The molecule has 0 radical (unpaired) electrons. The summed E-state index contributed by atoms with van der Waals surface area (Å²) < 4.78 is 0. The summed E-state index contributed by atoms with van der Waals surface area (Å²) in [5.74, 6) is 0.740. The van der Waals surface area contributed by atoms with Gasteiger partial charge < -0.3 is 0 Å². The first kappa shape index (κ1) is 20.5. The van der Waals surface area contributed by atoms with Gasteiger partial charge in [-0.15, -0.1) is 0 Å². The minimum Gasteiger partial charge on any atom is -0.228 e. The van der Waals surface area contributed by atoms with E-state index in [1.54, 1.807) is 0 Å². The van der Waals surface area contributed by atoms with Crippen LogP contribution < -0.4 is 0 Å². The third-order valence-corrected chi connectivity index (χ3v) is 5.09. The van der Waals surface area contributed by atoms with Crippen molar-refractivity contribution in [1.82, 2.24) is 9.97 Å². The molecule has 0 fully saturated rings. The molecular formula is C29H26N2. The van der Waals surface area contributed by atoms with E-state index < -0.39 is 0 Å². The number of rotatable bonds is 6. The third-order valence-electron chi connectivity index (χ3n) is 5.09. The topological polar surface area (TPSA) is 25.8 Å². The van der Waals surface area contributed by atoms with Gasteiger partial charge in [-0.2, -0.15) is 0 Å². The fraction of sp³-hybridized carbons (Fsp3) is 0.103. The molecule has 0 spiro atoms. The molecule has 4 aromatic rings. The number of allylic oxidation sites excluding steroid dienone is 4. The summed E-state index contributed by atoms with van der Waals surface area (Å²) in [5, 5.41) is 0. The van der Waals surface area contributed by atoms with Gasteiger partial charge in [0.1, 0.15) is 0 Å². The van der Waals surface area contributed by atoms with Crippen LogP contribution in [-0.4, -0.2) is 9.97 Å². The second-order valence-corrected chi connectivity index (χ2v) is 7.34. The molecular weight excluding hydrogens is 376 g/mol. The molecule has 1 aromatic heterocycles. The number of hydrogen-bond donors (Lipinski definition) is 0. The van der Waals surface area contributed by atoms with E-state index in [1.165, 1.54) is 11.1 Å². The highest BCUT2D eigenvalue weighted by atomic mass is 14.9. The van der Waals surface area contributed by atoms with E-state index >= 15 is 0 Å². The molecule has 0 aliphatic rings. The van der Waals surface area contributed by atoms with Gasteiger partial charge in [-0.1, -0.05) is 104 Å². The normalized spacial score (nSPS) is 11.7. The fourth-order valence-corrected chi connectivity index (χ4v) is 3.61. The second-order valence-electron chi connectivity index (χ2n) is 7.34. The number of benzene rings is 3. The zero-order valence-corrected chi connectivity index (χ0v) is 18.0. The molecule has 31 heavy (non-hydrogen) atoms. The van der Waals surface area contributed by atoms with Crippen molar-refractivity contribution in [2.75, 3.05) is 0 Å². The van der Waals surface area contributed by atoms with Crippen LogP contribution in [0.25, 0.3) is 39.3 Å². The van der Waals surface area contributed by atoms with Crippen LogP contribution in [0.2, 0.25) is 0 Å². The smallest absolute Gasteiger partial charge is 0.160 e. The first-order chi connectivity index (χ1) is 15.3. The Hall–Kier alpha value is -3.78. The summed E-state index contributed by atoms with van der Waals surface area (Å²) in [6.45, 7) is 4.18. The molecule has 2 heteroatoms. The van der Waals surface area contributed by atoms with Gasteiger partial charge in [0.2, 0.25) is 0 Å². The largest absolute Gasteiger partial charge is 0.228 e. The Labute approximate surface area is 184 Å². The van der Waals surface area contributed by atoms with Gasteiger partial charge in [-0.3, -0.25) is 0 Å². The van der Waals surface area contributed by atoms with E-state index in [4.69, 9.17) is 9.97 Å². The van der Waals surface area contributed by atoms with Gasteiger partial charge >= 0.3 is 0 Å². The van der Waals surface area contributed by atoms with Gasteiger partial charge in [0.25, 0.3) is 0 Å². The standard InChI is InChI=1S/C29H26N2/c1-3-12-23(13-4-2)27-21-28(31-29(30-27)24-16-9-6-10-17-24)26-19-11-18-25(20-26)22-14-7-5-8-15-22/h3,5-21H,4H2,1-2H3/b12-3-,23-13+. The molecule has 2 nitrogen and oxygen atoms in total. The van der Waals surface area contributed by atoms with E-state index in [9.17, 15) is 0 Å².